The molecule has 0 aliphatic carbocycles. The fraction of sp³-hybridized carbons (Fsp3) is 0.188. The smallest absolute Gasteiger partial charge is 0.319 e. The lowest BCUT2D eigenvalue weighted by Gasteiger charge is -2.09. The van der Waals surface area contributed by atoms with Gasteiger partial charge in [-0.1, -0.05) is 33.6 Å². The van der Waals surface area contributed by atoms with E-state index in [4.69, 9.17) is 4.74 Å². The van der Waals surface area contributed by atoms with Gasteiger partial charge in [0.25, 0.3) is 0 Å². The van der Waals surface area contributed by atoms with Crippen molar-refractivity contribution in [2.24, 2.45) is 0 Å². The monoisotopic (exact) mass is 348 g/mol. The molecule has 0 saturated carbocycles. The Hall–Kier alpha value is -2.01. The van der Waals surface area contributed by atoms with Crippen molar-refractivity contribution in [1.29, 1.82) is 0 Å². The highest BCUT2D eigenvalue weighted by molar-refractivity contribution is 9.10. The molecule has 110 valence electrons. The fourth-order valence-corrected chi connectivity index (χ4v) is 1.94. The minimum Gasteiger partial charge on any atom is -0.492 e. The van der Waals surface area contributed by atoms with Crippen LogP contribution >= 0.6 is 15.9 Å². The number of hydrogen-bond donors (Lipinski definition) is 2. The number of halogens is 1. The van der Waals surface area contributed by atoms with Crippen molar-refractivity contribution in [1.82, 2.24) is 5.32 Å². The highest BCUT2D eigenvalue weighted by Gasteiger charge is 2.01. The molecule has 4 nitrogen and oxygen atoms in total. The summed E-state index contributed by atoms with van der Waals surface area (Å²) in [5.41, 5.74) is 1.93. The number of urea groups is 1. The molecule has 0 aromatic heterocycles. The van der Waals surface area contributed by atoms with Gasteiger partial charge in [0, 0.05) is 10.2 Å². The number of rotatable bonds is 5. The van der Waals surface area contributed by atoms with Gasteiger partial charge in [-0.15, -0.1) is 0 Å². The zero-order valence-corrected chi connectivity index (χ0v) is 13.3. The van der Waals surface area contributed by atoms with Gasteiger partial charge in [-0.2, -0.15) is 0 Å². The third-order valence-electron chi connectivity index (χ3n) is 2.78. The van der Waals surface area contributed by atoms with Crippen molar-refractivity contribution in [2.75, 3.05) is 18.5 Å². The lowest BCUT2D eigenvalue weighted by atomic mass is 10.2. The maximum absolute atomic E-state index is 11.7. The number of ether oxygens (including phenoxy) is 1. The molecule has 0 unspecified atom stereocenters. The summed E-state index contributed by atoms with van der Waals surface area (Å²) >= 11 is 3.36. The number of aryl methyl sites for hydroxylation is 1. The van der Waals surface area contributed by atoms with Crippen molar-refractivity contribution in [3.05, 3.63) is 58.6 Å². The largest absolute Gasteiger partial charge is 0.492 e. The van der Waals surface area contributed by atoms with E-state index < -0.39 is 0 Å². The minimum absolute atomic E-state index is 0.238. The Labute approximate surface area is 132 Å². The van der Waals surface area contributed by atoms with Crippen LogP contribution in [0, 0.1) is 6.92 Å². The summed E-state index contributed by atoms with van der Waals surface area (Å²) in [6, 6.07) is 15.0. The molecule has 0 heterocycles. The van der Waals surface area contributed by atoms with Crippen molar-refractivity contribution in [3.8, 4) is 5.75 Å². The topological polar surface area (TPSA) is 50.4 Å². The quantitative estimate of drug-likeness (QED) is 0.803. The number of amides is 2. The Morgan fingerprint density at radius 2 is 1.76 bits per heavy atom. The van der Waals surface area contributed by atoms with Crippen LogP contribution < -0.4 is 15.4 Å². The van der Waals surface area contributed by atoms with E-state index in [1.807, 2.05) is 55.5 Å². The third kappa shape index (κ3) is 5.47. The predicted molar refractivity (Wildman–Crippen MR) is 87.8 cm³/mol. The van der Waals surface area contributed by atoms with Gasteiger partial charge in [-0.05, 0) is 43.3 Å². The molecular formula is C16H17BrN2O2. The average Bonchev–Trinajstić information content (AvgIpc) is 2.48. The van der Waals surface area contributed by atoms with Crippen LogP contribution in [0.4, 0.5) is 10.5 Å². The molecule has 0 radical (unpaired) electrons. The molecule has 5 heteroatoms. The second-order valence-electron chi connectivity index (χ2n) is 4.55. The predicted octanol–water partition coefficient (Wildman–Crippen LogP) is 3.96. The van der Waals surface area contributed by atoms with Crippen LogP contribution in [-0.2, 0) is 0 Å². The van der Waals surface area contributed by atoms with Crippen LogP contribution in [0.5, 0.6) is 5.75 Å². The SMILES string of the molecule is Cc1ccc(NC(=O)NCCOc2ccc(Br)cc2)cc1. The molecule has 0 spiro atoms. The van der Waals surface area contributed by atoms with Crippen LogP contribution in [0.15, 0.2) is 53.0 Å². The van der Waals surface area contributed by atoms with E-state index in [0.717, 1.165) is 21.5 Å². The first-order chi connectivity index (χ1) is 10.1. The fourth-order valence-electron chi connectivity index (χ4n) is 1.68. The number of anilines is 1. The van der Waals surface area contributed by atoms with Gasteiger partial charge >= 0.3 is 6.03 Å². The molecule has 0 bridgehead atoms. The molecule has 0 atom stereocenters. The summed E-state index contributed by atoms with van der Waals surface area (Å²) < 4.78 is 6.52. The molecule has 0 fully saturated rings. The van der Waals surface area contributed by atoms with E-state index in [1.165, 1.54) is 0 Å². The lowest BCUT2D eigenvalue weighted by Crippen LogP contribution is -2.32. The lowest BCUT2D eigenvalue weighted by molar-refractivity contribution is 0.247. The Morgan fingerprint density at radius 1 is 1.10 bits per heavy atom. The highest BCUT2D eigenvalue weighted by atomic mass is 79.9. The average molecular weight is 349 g/mol. The third-order valence-corrected chi connectivity index (χ3v) is 3.31. The van der Waals surface area contributed by atoms with Crippen LogP contribution in [0.25, 0.3) is 0 Å². The van der Waals surface area contributed by atoms with Gasteiger partial charge in [0.15, 0.2) is 0 Å². The zero-order chi connectivity index (χ0) is 15.1. The molecule has 21 heavy (non-hydrogen) atoms. The van der Waals surface area contributed by atoms with Crippen molar-refractivity contribution in [3.63, 3.8) is 0 Å². The van der Waals surface area contributed by atoms with Crippen LogP contribution in [0.3, 0.4) is 0 Å². The molecule has 0 aliphatic heterocycles. The molecule has 2 amide bonds. The van der Waals surface area contributed by atoms with E-state index in [2.05, 4.69) is 26.6 Å². The van der Waals surface area contributed by atoms with Crippen LogP contribution in [-0.4, -0.2) is 19.2 Å². The number of nitrogens with one attached hydrogen (secondary N) is 2. The second-order valence-corrected chi connectivity index (χ2v) is 5.46. The number of carbonyl (C=O) groups excluding carboxylic acids is 1. The van der Waals surface area contributed by atoms with Gasteiger partial charge in [-0.25, -0.2) is 4.79 Å². The summed E-state index contributed by atoms with van der Waals surface area (Å²) in [5, 5.41) is 5.51. The van der Waals surface area contributed by atoms with Gasteiger partial charge in [0.05, 0.1) is 6.54 Å². The summed E-state index contributed by atoms with van der Waals surface area (Å²) in [6.07, 6.45) is 0. The Bertz CT molecular complexity index is 582. The number of carbonyl (C=O) groups is 1. The van der Waals surface area contributed by atoms with Crippen molar-refractivity contribution < 1.29 is 9.53 Å². The minimum atomic E-state index is -0.238. The summed E-state index contributed by atoms with van der Waals surface area (Å²) in [7, 11) is 0. The Kier molecular flexibility index (Phi) is 5.63. The summed E-state index contributed by atoms with van der Waals surface area (Å²) in [5.74, 6) is 0.777. The molecule has 2 aromatic rings. The van der Waals surface area contributed by atoms with E-state index >= 15 is 0 Å². The molecule has 2 N–H and O–H groups in total. The number of benzene rings is 2. The molecule has 2 rings (SSSR count). The highest BCUT2D eigenvalue weighted by Crippen LogP contribution is 2.15. The summed E-state index contributed by atoms with van der Waals surface area (Å²) in [4.78, 5) is 11.7. The first kappa shape index (κ1) is 15.4. The normalized spacial score (nSPS) is 10.0. The second kappa shape index (κ2) is 7.69. The molecular weight excluding hydrogens is 332 g/mol. The van der Waals surface area contributed by atoms with E-state index in [-0.39, 0.29) is 6.03 Å². The maximum Gasteiger partial charge on any atom is 0.319 e. The molecule has 2 aromatic carbocycles. The van der Waals surface area contributed by atoms with Crippen molar-refractivity contribution >= 4 is 27.6 Å². The maximum atomic E-state index is 11.7. The van der Waals surface area contributed by atoms with E-state index in [9.17, 15) is 4.79 Å². The first-order valence-corrected chi connectivity index (χ1v) is 7.43. The summed E-state index contributed by atoms with van der Waals surface area (Å²) in [6.45, 7) is 2.86. The van der Waals surface area contributed by atoms with E-state index in [0.29, 0.717) is 13.2 Å². The molecule has 0 saturated heterocycles. The van der Waals surface area contributed by atoms with Gasteiger partial charge in [0.1, 0.15) is 12.4 Å². The van der Waals surface area contributed by atoms with Gasteiger partial charge < -0.3 is 15.4 Å². The van der Waals surface area contributed by atoms with Crippen LogP contribution in [0.1, 0.15) is 5.56 Å². The van der Waals surface area contributed by atoms with E-state index in [1.54, 1.807) is 0 Å². The van der Waals surface area contributed by atoms with Gasteiger partial charge in [-0.3, -0.25) is 0 Å². The van der Waals surface area contributed by atoms with Crippen molar-refractivity contribution in [2.45, 2.75) is 6.92 Å². The first-order valence-electron chi connectivity index (χ1n) is 6.63. The zero-order valence-electron chi connectivity index (χ0n) is 11.7. The number of hydrogen-bond acceptors (Lipinski definition) is 2. The Morgan fingerprint density at radius 3 is 2.43 bits per heavy atom. The van der Waals surface area contributed by atoms with Gasteiger partial charge in [0.2, 0.25) is 0 Å². The standard InChI is InChI=1S/C16H17BrN2O2/c1-12-2-6-14(7-3-12)19-16(20)18-10-11-21-15-8-4-13(17)5-9-15/h2-9H,10-11H2,1H3,(H2,18,19,20). The van der Waals surface area contributed by atoms with Crippen LogP contribution in [0.2, 0.25) is 0 Å². The molecule has 0 aliphatic rings. The Balaban J connectivity index is 1.67.